The van der Waals surface area contributed by atoms with E-state index in [1.807, 2.05) is 23.1 Å². The summed E-state index contributed by atoms with van der Waals surface area (Å²) in [6.07, 6.45) is 0. The maximum Gasteiger partial charge on any atom is 0.317 e. The summed E-state index contributed by atoms with van der Waals surface area (Å²) >= 11 is 0. The number of benzene rings is 1. The van der Waals surface area contributed by atoms with E-state index < -0.39 is 0 Å². The predicted octanol–water partition coefficient (Wildman–Crippen LogP) is 1.90. The van der Waals surface area contributed by atoms with Crippen molar-refractivity contribution < 1.29 is 14.3 Å². The Hall–Kier alpha value is -2.11. The molecule has 1 N–H and O–H groups in total. The molecule has 2 aliphatic heterocycles. The van der Waals surface area contributed by atoms with Gasteiger partial charge in [-0.1, -0.05) is 13.8 Å². The minimum Gasteiger partial charge on any atom is -0.454 e. The number of hydrogen-bond acceptors (Lipinski definition) is 4. The van der Waals surface area contributed by atoms with E-state index in [0.717, 1.165) is 49.9 Å². The Morgan fingerprint density at radius 2 is 1.91 bits per heavy atom. The third-order valence-corrected chi connectivity index (χ3v) is 3.95. The van der Waals surface area contributed by atoms with E-state index in [9.17, 15) is 4.79 Å². The van der Waals surface area contributed by atoms with Gasteiger partial charge in [0.15, 0.2) is 11.5 Å². The van der Waals surface area contributed by atoms with Crippen molar-refractivity contribution in [3.8, 4) is 11.5 Å². The van der Waals surface area contributed by atoms with E-state index >= 15 is 0 Å². The van der Waals surface area contributed by atoms with Gasteiger partial charge in [-0.15, -0.1) is 0 Å². The number of carbonyl (C=O) groups is 1. The van der Waals surface area contributed by atoms with Crippen LogP contribution in [0.3, 0.4) is 0 Å². The van der Waals surface area contributed by atoms with Gasteiger partial charge in [-0.05, 0) is 18.1 Å². The standard InChI is InChI=1S/C16H23N3O3/c1-12(2)10-17-16(20)19-7-5-18(6-8-19)13-3-4-14-15(9-13)22-11-21-14/h3-4,9,12H,5-8,10-11H2,1-2H3,(H,17,20). The molecular weight excluding hydrogens is 282 g/mol. The van der Waals surface area contributed by atoms with Crippen LogP contribution in [0, 0.1) is 5.92 Å². The van der Waals surface area contributed by atoms with Crippen molar-refractivity contribution in [1.82, 2.24) is 10.2 Å². The fourth-order valence-corrected chi connectivity index (χ4v) is 2.65. The molecule has 22 heavy (non-hydrogen) atoms. The summed E-state index contributed by atoms with van der Waals surface area (Å²) in [6, 6.07) is 6.04. The van der Waals surface area contributed by atoms with Gasteiger partial charge in [-0.2, -0.15) is 0 Å². The molecule has 2 heterocycles. The normalized spacial score (nSPS) is 17.0. The molecule has 1 saturated heterocycles. The fraction of sp³-hybridized carbons (Fsp3) is 0.562. The van der Waals surface area contributed by atoms with Gasteiger partial charge in [0.25, 0.3) is 0 Å². The Balaban J connectivity index is 1.54. The average molecular weight is 305 g/mol. The molecule has 6 heteroatoms. The number of nitrogens with zero attached hydrogens (tertiary/aromatic N) is 2. The minimum absolute atomic E-state index is 0.0408. The summed E-state index contributed by atoms with van der Waals surface area (Å²) in [5.41, 5.74) is 1.12. The van der Waals surface area contributed by atoms with Crippen LogP contribution in [-0.4, -0.2) is 50.4 Å². The van der Waals surface area contributed by atoms with Crippen molar-refractivity contribution in [1.29, 1.82) is 0 Å². The number of fused-ring (bicyclic) bond motifs is 1. The van der Waals surface area contributed by atoms with Crippen LogP contribution in [-0.2, 0) is 0 Å². The van der Waals surface area contributed by atoms with Gasteiger partial charge < -0.3 is 24.6 Å². The van der Waals surface area contributed by atoms with Gasteiger partial charge >= 0.3 is 6.03 Å². The van der Waals surface area contributed by atoms with Gasteiger partial charge in [0.05, 0.1) is 0 Å². The third-order valence-electron chi connectivity index (χ3n) is 3.95. The summed E-state index contributed by atoms with van der Waals surface area (Å²) in [4.78, 5) is 16.2. The molecule has 0 aliphatic carbocycles. The van der Waals surface area contributed by atoms with E-state index in [1.165, 1.54) is 0 Å². The minimum atomic E-state index is 0.0408. The molecule has 0 saturated carbocycles. The lowest BCUT2D eigenvalue weighted by molar-refractivity contribution is 0.174. The Bertz CT molecular complexity index is 539. The van der Waals surface area contributed by atoms with E-state index in [0.29, 0.717) is 12.7 Å². The van der Waals surface area contributed by atoms with Crippen molar-refractivity contribution >= 4 is 11.7 Å². The van der Waals surface area contributed by atoms with Crippen molar-refractivity contribution in [2.24, 2.45) is 5.92 Å². The van der Waals surface area contributed by atoms with E-state index in [-0.39, 0.29) is 6.03 Å². The predicted molar refractivity (Wildman–Crippen MR) is 84.6 cm³/mol. The first-order chi connectivity index (χ1) is 10.6. The topological polar surface area (TPSA) is 54.0 Å². The SMILES string of the molecule is CC(C)CNC(=O)N1CCN(c2ccc3c(c2)OCO3)CC1. The van der Waals surface area contributed by atoms with Crippen LogP contribution in [0.15, 0.2) is 18.2 Å². The third kappa shape index (κ3) is 3.21. The van der Waals surface area contributed by atoms with Gasteiger partial charge in [0, 0.05) is 44.5 Å². The van der Waals surface area contributed by atoms with Crippen LogP contribution in [0.1, 0.15) is 13.8 Å². The molecule has 6 nitrogen and oxygen atoms in total. The monoisotopic (exact) mass is 305 g/mol. The number of rotatable bonds is 3. The second-order valence-electron chi connectivity index (χ2n) is 6.09. The lowest BCUT2D eigenvalue weighted by atomic mass is 10.2. The number of urea groups is 1. The molecule has 1 aromatic rings. The molecule has 0 unspecified atom stereocenters. The zero-order valence-electron chi connectivity index (χ0n) is 13.2. The number of ether oxygens (including phenoxy) is 2. The first kappa shape index (κ1) is 14.8. The molecule has 0 aromatic heterocycles. The zero-order chi connectivity index (χ0) is 15.5. The number of carbonyl (C=O) groups excluding carboxylic acids is 1. The van der Waals surface area contributed by atoms with Crippen molar-refractivity contribution in [2.75, 3.05) is 44.4 Å². The largest absolute Gasteiger partial charge is 0.454 e. The zero-order valence-corrected chi connectivity index (χ0v) is 13.2. The van der Waals surface area contributed by atoms with E-state index in [2.05, 4.69) is 24.1 Å². The second kappa shape index (κ2) is 6.34. The van der Waals surface area contributed by atoms with Gasteiger partial charge in [0.1, 0.15) is 0 Å². The van der Waals surface area contributed by atoms with Crippen molar-refractivity contribution in [3.63, 3.8) is 0 Å². The smallest absolute Gasteiger partial charge is 0.317 e. The highest BCUT2D eigenvalue weighted by molar-refractivity contribution is 5.74. The lowest BCUT2D eigenvalue weighted by Gasteiger charge is -2.36. The number of amides is 2. The molecule has 0 atom stereocenters. The molecule has 3 rings (SSSR count). The number of anilines is 1. The number of piperazine rings is 1. The molecular formula is C16H23N3O3. The molecule has 120 valence electrons. The molecule has 1 aromatic carbocycles. The number of hydrogen-bond donors (Lipinski definition) is 1. The van der Waals surface area contributed by atoms with Crippen LogP contribution in [0.25, 0.3) is 0 Å². The quantitative estimate of drug-likeness (QED) is 0.927. The molecule has 2 aliphatic rings. The molecule has 2 amide bonds. The Morgan fingerprint density at radius 1 is 1.18 bits per heavy atom. The Morgan fingerprint density at radius 3 is 2.64 bits per heavy atom. The van der Waals surface area contributed by atoms with Crippen LogP contribution in [0.2, 0.25) is 0 Å². The highest BCUT2D eigenvalue weighted by atomic mass is 16.7. The van der Waals surface area contributed by atoms with Crippen molar-refractivity contribution in [2.45, 2.75) is 13.8 Å². The fourth-order valence-electron chi connectivity index (χ4n) is 2.65. The van der Waals surface area contributed by atoms with E-state index in [1.54, 1.807) is 0 Å². The Kier molecular flexibility index (Phi) is 4.27. The second-order valence-corrected chi connectivity index (χ2v) is 6.09. The van der Waals surface area contributed by atoms with Crippen LogP contribution in [0.4, 0.5) is 10.5 Å². The molecule has 0 spiro atoms. The molecule has 0 bridgehead atoms. The number of nitrogens with one attached hydrogen (secondary N) is 1. The maximum atomic E-state index is 12.1. The summed E-state index contributed by atoms with van der Waals surface area (Å²) in [5, 5.41) is 2.97. The van der Waals surface area contributed by atoms with Gasteiger partial charge in [-0.3, -0.25) is 0 Å². The highest BCUT2D eigenvalue weighted by Gasteiger charge is 2.22. The first-order valence-corrected chi connectivity index (χ1v) is 7.81. The van der Waals surface area contributed by atoms with Crippen LogP contribution in [0.5, 0.6) is 11.5 Å². The first-order valence-electron chi connectivity index (χ1n) is 7.81. The lowest BCUT2D eigenvalue weighted by Crippen LogP contribution is -2.52. The van der Waals surface area contributed by atoms with E-state index in [4.69, 9.17) is 9.47 Å². The summed E-state index contributed by atoms with van der Waals surface area (Å²) < 4.78 is 10.8. The van der Waals surface area contributed by atoms with Crippen LogP contribution >= 0.6 is 0 Å². The summed E-state index contributed by atoms with van der Waals surface area (Å²) in [6.45, 7) is 8.33. The molecule has 0 radical (unpaired) electrons. The average Bonchev–Trinajstić information content (AvgIpc) is 3.00. The molecule has 1 fully saturated rings. The van der Waals surface area contributed by atoms with Gasteiger partial charge in [-0.25, -0.2) is 4.79 Å². The Labute approximate surface area is 131 Å². The van der Waals surface area contributed by atoms with Crippen molar-refractivity contribution in [3.05, 3.63) is 18.2 Å². The van der Waals surface area contributed by atoms with Crippen LogP contribution < -0.4 is 19.7 Å². The maximum absolute atomic E-state index is 12.1. The highest BCUT2D eigenvalue weighted by Crippen LogP contribution is 2.35. The van der Waals surface area contributed by atoms with Gasteiger partial charge in [0.2, 0.25) is 6.79 Å². The summed E-state index contributed by atoms with van der Waals surface area (Å²) in [5.74, 6) is 2.07. The summed E-state index contributed by atoms with van der Waals surface area (Å²) in [7, 11) is 0.